The van der Waals surface area contributed by atoms with Gasteiger partial charge in [-0.1, -0.05) is 13.8 Å². The normalized spacial score (nSPS) is 14.9. The molecule has 2 atom stereocenters. The van der Waals surface area contributed by atoms with Gasteiger partial charge in [-0.25, -0.2) is 0 Å². The summed E-state index contributed by atoms with van der Waals surface area (Å²) in [5.41, 5.74) is 5.66. The standard InChI is InChI=1S/C9H18N2O3/c1-5(2)7(10)4-8(12)11-6(3)9(13)14/h5-7H,4,10H2,1-3H3,(H,11,12)(H,13,14). The van der Waals surface area contributed by atoms with Crippen LogP contribution in [0, 0.1) is 5.92 Å². The first-order valence-corrected chi connectivity index (χ1v) is 4.62. The van der Waals surface area contributed by atoms with E-state index < -0.39 is 12.0 Å². The molecular formula is C9H18N2O3. The first kappa shape index (κ1) is 12.9. The zero-order valence-corrected chi connectivity index (χ0v) is 8.78. The number of hydrogen-bond donors (Lipinski definition) is 3. The fraction of sp³-hybridized carbons (Fsp3) is 0.778. The summed E-state index contributed by atoms with van der Waals surface area (Å²) < 4.78 is 0. The minimum atomic E-state index is -1.04. The third-order valence-corrected chi connectivity index (χ3v) is 2.03. The molecule has 0 heterocycles. The zero-order chi connectivity index (χ0) is 11.3. The topological polar surface area (TPSA) is 92.4 Å². The molecule has 0 spiro atoms. The van der Waals surface area contributed by atoms with Gasteiger partial charge in [0, 0.05) is 12.5 Å². The van der Waals surface area contributed by atoms with Gasteiger partial charge in [0.05, 0.1) is 0 Å². The second kappa shape index (κ2) is 5.59. The van der Waals surface area contributed by atoms with Crippen LogP contribution in [0.5, 0.6) is 0 Å². The Hall–Kier alpha value is -1.10. The molecule has 14 heavy (non-hydrogen) atoms. The van der Waals surface area contributed by atoms with E-state index >= 15 is 0 Å². The Morgan fingerprint density at radius 3 is 2.21 bits per heavy atom. The molecule has 0 aliphatic heterocycles. The van der Waals surface area contributed by atoms with Crippen molar-refractivity contribution in [3.63, 3.8) is 0 Å². The van der Waals surface area contributed by atoms with Gasteiger partial charge in [0.1, 0.15) is 6.04 Å². The molecule has 5 nitrogen and oxygen atoms in total. The SMILES string of the molecule is CC(NC(=O)CC(N)C(C)C)C(=O)O. The molecular weight excluding hydrogens is 184 g/mol. The molecule has 0 aliphatic carbocycles. The Labute approximate surface area is 83.7 Å². The number of carbonyl (C=O) groups is 2. The van der Waals surface area contributed by atoms with Crippen LogP contribution in [0.4, 0.5) is 0 Å². The van der Waals surface area contributed by atoms with E-state index in [0.717, 1.165) is 0 Å². The van der Waals surface area contributed by atoms with E-state index in [0.29, 0.717) is 0 Å². The molecule has 1 amide bonds. The summed E-state index contributed by atoms with van der Waals surface area (Å²) in [6, 6.07) is -1.09. The highest BCUT2D eigenvalue weighted by atomic mass is 16.4. The van der Waals surface area contributed by atoms with Crippen LogP contribution >= 0.6 is 0 Å². The summed E-state index contributed by atoms with van der Waals surface area (Å²) in [6.07, 6.45) is 0.162. The van der Waals surface area contributed by atoms with Crippen LogP contribution in [0.15, 0.2) is 0 Å². The highest BCUT2D eigenvalue weighted by Gasteiger charge is 2.17. The van der Waals surface area contributed by atoms with Crippen molar-refractivity contribution >= 4 is 11.9 Å². The van der Waals surface area contributed by atoms with Crippen LogP contribution < -0.4 is 11.1 Å². The van der Waals surface area contributed by atoms with E-state index in [9.17, 15) is 9.59 Å². The third kappa shape index (κ3) is 4.81. The third-order valence-electron chi connectivity index (χ3n) is 2.03. The van der Waals surface area contributed by atoms with E-state index in [1.807, 2.05) is 13.8 Å². The summed E-state index contributed by atoms with van der Waals surface area (Å²) in [4.78, 5) is 21.6. The minimum absolute atomic E-state index is 0.162. The maximum absolute atomic E-state index is 11.2. The summed E-state index contributed by atoms with van der Waals surface area (Å²) >= 11 is 0. The van der Waals surface area contributed by atoms with Gasteiger partial charge in [0.25, 0.3) is 0 Å². The number of amides is 1. The van der Waals surface area contributed by atoms with E-state index in [2.05, 4.69) is 5.32 Å². The monoisotopic (exact) mass is 202 g/mol. The summed E-state index contributed by atoms with van der Waals surface area (Å²) in [7, 11) is 0. The summed E-state index contributed by atoms with van der Waals surface area (Å²) in [5, 5.41) is 10.9. The van der Waals surface area contributed by atoms with E-state index in [1.165, 1.54) is 6.92 Å². The number of rotatable bonds is 5. The van der Waals surface area contributed by atoms with Gasteiger partial charge in [-0.2, -0.15) is 0 Å². The summed E-state index contributed by atoms with van der Waals surface area (Å²) in [6.45, 7) is 5.25. The minimum Gasteiger partial charge on any atom is -0.480 e. The molecule has 2 unspecified atom stereocenters. The largest absolute Gasteiger partial charge is 0.480 e. The molecule has 0 radical (unpaired) electrons. The van der Waals surface area contributed by atoms with Gasteiger partial charge in [-0.05, 0) is 12.8 Å². The predicted molar refractivity (Wildman–Crippen MR) is 52.7 cm³/mol. The molecule has 82 valence electrons. The van der Waals surface area contributed by atoms with Gasteiger partial charge >= 0.3 is 5.97 Å². The van der Waals surface area contributed by atoms with Crippen LogP contribution in [0.2, 0.25) is 0 Å². The average molecular weight is 202 g/mol. The van der Waals surface area contributed by atoms with Gasteiger partial charge in [-0.3, -0.25) is 9.59 Å². The van der Waals surface area contributed by atoms with Crippen molar-refractivity contribution in [3.05, 3.63) is 0 Å². The van der Waals surface area contributed by atoms with Crippen molar-refractivity contribution in [1.82, 2.24) is 5.32 Å². The maximum atomic E-state index is 11.2. The van der Waals surface area contributed by atoms with Crippen molar-refractivity contribution in [1.29, 1.82) is 0 Å². The van der Waals surface area contributed by atoms with Crippen molar-refractivity contribution in [2.45, 2.75) is 39.3 Å². The van der Waals surface area contributed by atoms with Crippen LogP contribution in [-0.4, -0.2) is 29.1 Å². The average Bonchev–Trinajstić information content (AvgIpc) is 2.03. The lowest BCUT2D eigenvalue weighted by Gasteiger charge is -2.16. The molecule has 0 rings (SSSR count). The molecule has 4 N–H and O–H groups in total. The van der Waals surface area contributed by atoms with Gasteiger partial charge in [-0.15, -0.1) is 0 Å². The lowest BCUT2D eigenvalue weighted by molar-refractivity contribution is -0.141. The molecule has 0 saturated heterocycles. The smallest absolute Gasteiger partial charge is 0.325 e. The quantitative estimate of drug-likeness (QED) is 0.582. The van der Waals surface area contributed by atoms with E-state index in [1.54, 1.807) is 0 Å². The second-order valence-corrected chi connectivity index (χ2v) is 3.74. The van der Waals surface area contributed by atoms with Crippen molar-refractivity contribution in [2.24, 2.45) is 11.7 Å². The van der Waals surface area contributed by atoms with Gasteiger partial charge in [0.15, 0.2) is 0 Å². The van der Waals surface area contributed by atoms with Crippen LogP contribution in [0.25, 0.3) is 0 Å². The Morgan fingerprint density at radius 1 is 1.36 bits per heavy atom. The molecule has 0 fully saturated rings. The highest BCUT2D eigenvalue weighted by molar-refractivity contribution is 5.83. The molecule has 0 aromatic carbocycles. The lowest BCUT2D eigenvalue weighted by atomic mass is 10.0. The number of hydrogen-bond acceptors (Lipinski definition) is 3. The van der Waals surface area contributed by atoms with Crippen LogP contribution in [0.1, 0.15) is 27.2 Å². The molecule has 0 saturated carbocycles. The number of carbonyl (C=O) groups excluding carboxylic acids is 1. The van der Waals surface area contributed by atoms with Gasteiger partial charge in [0.2, 0.25) is 5.91 Å². The fourth-order valence-electron chi connectivity index (χ4n) is 0.812. The van der Waals surface area contributed by atoms with Crippen LogP contribution in [-0.2, 0) is 9.59 Å². The van der Waals surface area contributed by atoms with Crippen molar-refractivity contribution < 1.29 is 14.7 Å². The first-order valence-electron chi connectivity index (χ1n) is 4.62. The molecule has 0 aliphatic rings. The second-order valence-electron chi connectivity index (χ2n) is 3.74. The number of nitrogens with one attached hydrogen (secondary N) is 1. The molecule has 0 aromatic heterocycles. The summed E-state index contributed by atoms with van der Waals surface area (Å²) in [5.74, 6) is -1.15. The van der Waals surface area contributed by atoms with Crippen molar-refractivity contribution in [3.8, 4) is 0 Å². The zero-order valence-electron chi connectivity index (χ0n) is 8.78. The maximum Gasteiger partial charge on any atom is 0.325 e. The lowest BCUT2D eigenvalue weighted by Crippen LogP contribution is -2.42. The number of carboxylic acids is 1. The van der Waals surface area contributed by atoms with Crippen LogP contribution in [0.3, 0.4) is 0 Å². The Bertz CT molecular complexity index is 216. The number of aliphatic carboxylic acids is 1. The molecule has 0 bridgehead atoms. The molecule has 0 aromatic rings. The highest BCUT2D eigenvalue weighted by Crippen LogP contribution is 2.02. The van der Waals surface area contributed by atoms with E-state index in [4.69, 9.17) is 10.8 Å². The van der Waals surface area contributed by atoms with Gasteiger partial charge < -0.3 is 16.2 Å². The number of carboxylic acid groups (broad SMARTS) is 1. The Morgan fingerprint density at radius 2 is 1.86 bits per heavy atom. The Balaban J connectivity index is 3.93. The first-order chi connectivity index (χ1) is 6.34. The fourth-order valence-corrected chi connectivity index (χ4v) is 0.812. The number of nitrogens with two attached hydrogens (primary N) is 1. The Kier molecular flexibility index (Phi) is 5.15. The van der Waals surface area contributed by atoms with E-state index in [-0.39, 0.29) is 24.3 Å². The van der Waals surface area contributed by atoms with Crippen molar-refractivity contribution in [2.75, 3.05) is 0 Å². The molecule has 5 heteroatoms. The predicted octanol–water partition coefficient (Wildman–Crippen LogP) is -0.0509.